The highest BCUT2D eigenvalue weighted by atomic mass is 16.4. The number of carboxylic acid groups (broad SMARTS) is 1. The van der Waals surface area contributed by atoms with Gasteiger partial charge in [0.05, 0.1) is 12.5 Å². The second-order valence-corrected chi connectivity index (χ2v) is 5.43. The van der Waals surface area contributed by atoms with Crippen LogP contribution in [-0.4, -0.2) is 22.5 Å². The van der Waals surface area contributed by atoms with E-state index in [0.29, 0.717) is 18.4 Å². The first kappa shape index (κ1) is 15.8. The molecule has 2 N–H and O–H groups in total. The highest BCUT2D eigenvalue weighted by Crippen LogP contribution is 2.21. The van der Waals surface area contributed by atoms with Crippen LogP contribution in [0.4, 0.5) is 0 Å². The summed E-state index contributed by atoms with van der Waals surface area (Å²) in [6.45, 7) is 3.41. The summed E-state index contributed by atoms with van der Waals surface area (Å²) >= 11 is 0. The lowest BCUT2D eigenvalue weighted by Gasteiger charge is -2.25. The second kappa shape index (κ2) is 6.47. The van der Waals surface area contributed by atoms with Crippen molar-refractivity contribution in [2.75, 3.05) is 0 Å². The maximum Gasteiger partial charge on any atom is 0.329 e. The van der Waals surface area contributed by atoms with Crippen LogP contribution in [0.5, 0.6) is 0 Å². The summed E-state index contributed by atoms with van der Waals surface area (Å²) in [6, 6.07) is 8.80. The molecule has 22 heavy (non-hydrogen) atoms. The van der Waals surface area contributed by atoms with Gasteiger partial charge in [0.1, 0.15) is 5.54 Å². The summed E-state index contributed by atoms with van der Waals surface area (Å²) in [5, 5.41) is 12.0. The van der Waals surface area contributed by atoms with Gasteiger partial charge in [0.15, 0.2) is 0 Å². The molecule has 0 saturated carbocycles. The standard InChI is InChI=1S/C17H19NO4/c1-3-8-17(2,16(20)21)18-15(19)13-6-4-5-12(10-13)14-7-9-22-11-14/h4-7,9-11H,3,8H2,1-2H3,(H,18,19)(H,20,21). The molecule has 0 aliphatic heterocycles. The molecule has 0 bridgehead atoms. The number of hydrogen-bond acceptors (Lipinski definition) is 3. The third-order valence-corrected chi connectivity index (χ3v) is 3.59. The van der Waals surface area contributed by atoms with Crippen molar-refractivity contribution in [1.82, 2.24) is 5.32 Å². The number of nitrogens with one attached hydrogen (secondary N) is 1. The van der Waals surface area contributed by atoms with E-state index in [1.807, 2.05) is 13.0 Å². The van der Waals surface area contributed by atoms with Crippen LogP contribution in [0.1, 0.15) is 37.0 Å². The number of aliphatic carboxylic acids is 1. The van der Waals surface area contributed by atoms with Gasteiger partial charge in [-0.15, -0.1) is 0 Å². The Labute approximate surface area is 129 Å². The van der Waals surface area contributed by atoms with E-state index in [1.165, 1.54) is 6.92 Å². The van der Waals surface area contributed by atoms with Gasteiger partial charge < -0.3 is 14.8 Å². The molecule has 116 valence electrons. The van der Waals surface area contributed by atoms with Crippen LogP contribution in [0.2, 0.25) is 0 Å². The molecule has 0 spiro atoms. The molecule has 1 unspecified atom stereocenters. The molecule has 0 aliphatic rings. The number of hydrogen-bond donors (Lipinski definition) is 2. The molecule has 1 amide bonds. The van der Waals surface area contributed by atoms with Gasteiger partial charge in [-0.25, -0.2) is 4.79 Å². The number of rotatable bonds is 6. The van der Waals surface area contributed by atoms with Crippen LogP contribution in [0, 0.1) is 0 Å². The summed E-state index contributed by atoms with van der Waals surface area (Å²) < 4.78 is 5.03. The molecule has 2 aromatic rings. The fraction of sp³-hybridized carbons (Fsp3) is 0.294. The highest BCUT2D eigenvalue weighted by Gasteiger charge is 2.34. The quantitative estimate of drug-likeness (QED) is 0.857. The topological polar surface area (TPSA) is 79.5 Å². The number of benzene rings is 1. The van der Waals surface area contributed by atoms with Gasteiger partial charge in [-0.2, -0.15) is 0 Å². The van der Waals surface area contributed by atoms with Gasteiger partial charge in [-0.1, -0.05) is 25.5 Å². The lowest BCUT2D eigenvalue weighted by Crippen LogP contribution is -2.52. The van der Waals surface area contributed by atoms with E-state index < -0.39 is 17.4 Å². The lowest BCUT2D eigenvalue weighted by atomic mass is 9.95. The molecule has 0 radical (unpaired) electrons. The van der Waals surface area contributed by atoms with Crippen LogP contribution in [0.15, 0.2) is 47.3 Å². The Morgan fingerprint density at radius 3 is 2.64 bits per heavy atom. The SMILES string of the molecule is CCCC(C)(NC(=O)c1cccc(-c2ccoc2)c1)C(=O)O. The Kier molecular flexibility index (Phi) is 4.65. The predicted molar refractivity (Wildman–Crippen MR) is 82.6 cm³/mol. The predicted octanol–water partition coefficient (Wildman–Crippen LogP) is 3.32. The minimum Gasteiger partial charge on any atom is -0.480 e. The fourth-order valence-electron chi connectivity index (χ4n) is 2.31. The van der Waals surface area contributed by atoms with Gasteiger partial charge in [0.25, 0.3) is 5.91 Å². The van der Waals surface area contributed by atoms with E-state index >= 15 is 0 Å². The molecule has 0 saturated heterocycles. The minimum atomic E-state index is -1.27. The molecular formula is C17H19NO4. The Balaban J connectivity index is 2.23. The van der Waals surface area contributed by atoms with Crippen molar-refractivity contribution in [2.24, 2.45) is 0 Å². The lowest BCUT2D eigenvalue weighted by molar-refractivity contribution is -0.144. The van der Waals surface area contributed by atoms with E-state index in [2.05, 4.69) is 5.32 Å². The summed E-state index contributed by atoms with van der Waals surface area (Å²) in [5.74, 6) is -1.43. The molecule has 1 aromatic heterocycles. The first-order valence-corrected chi connectivity index (χ1v) is 7.15. The first-order valence-electron chi connectivity index (χ1n) is 7.15. The molecule has 1 aromatic carbocycles. The summed E-state index contributed by atoms with van der Waals surface area (Å²) in [5.41, 5.74) is 0.859. The molecule has 5 nitrogen and oxygen atoms in total. The van der Waals surface area contributed by atoms with Crippen LogP contribution in [0.3, 0.4) is 0 Å². The van der Waals surface area contributed by atoms with Crippen molar-refractivity contribution in [3.8, 4) is 11.1 Å². The van der Waals surface area contributed by atoms with Crippen molar-refractivity contribution in [3.05, 3.63) is 48.4 Å². The van der Waals surface area contributed by atoms with Crippen LogP contribution < -0.4 is 5.32 Å². The number of carbonyl (C=O) groups excluding carboxylic acids is 1. The van der Waals surface area contributed by atoms with Gasteiger partial charge in [-0.05, 0) is 37.1 Å². The largest absolute Gasteiger partial charge is 0.480 e. The van der Waals surface area contributed by atoms with Crippen molar-refractivity contribution in [1.29, 1.82) is 0 Å². The van der Waals surface area contributed by atoms with Crippen molar-refractivity contribution < 1.29 is 19.1 Å². The smallest absolute Gasteiger partial charge is 0.329 e. The average Bonchev–Trinajstić information content (AvgIpc) is 3.01. The van der Waals surface area contributed by atoms with Crippen LogP contribution in [0.25, 0.3) is 11.1 Å². The van der Waals surface area contributed by atoms with Crippen LogP contribution >= 0.6 is 0 Å². The number of furan rings is 1. The average molecular weight is 301 g/mol. The Bertz CT molecular complexity index is 663. The maximum absolute atomic E-state index is 12.4. The molecule has 1 heterocycles. The fourth-order valence-corrected chi connectivity index (χ4v) is 2.31. The monoisotopic (exact) mass is 301 g/mol. The van der Waals surface area contributed by atoms with E-state index in [0.717, 1.165) is 11.1 Å². The Morgan fingerprint density at radius 2 is 2.05 bits per heavy atom. The normalized spacial score (nSPS) is 13.4. The maximum atomic E-state index is 12.4. The van der Waals surface area contributed by atoms with E-state index in [9.17, 15) is 14.7 Å². The zero-order valence-electron chi connectivity index (χ0n) is 12.6. The third kappa shape index (κ3) is 3.36. The number of carbonyl (C=O) groups is 2. The van der Waals surface area contributed by atoms with Gasteiger partial charge in [-0.3, -0.25) is 4.79 Å². The molecule has 5 heteroatoms. The number of carboxylic acids is 1. The van der Waals surface area contributed by atoms with E-state index in [-0.39, 0.29) is 0 Å². The van der Waals surface area contributed by atoms with E-state index in [1.54, 1.807) is 36.8 Å². The zero-order chi connectivity index (χ0) is 16.2. The molecule has 0 aliphatic carbocycles. The summed E-state index contributed by atoms with van der Waals surface area (Å²) in [4.78, 5) is 23.8. The number of amides is 1. The van der Waals surface area contributed by atoms with Crippen molar-refractivity contribution in [2.45, 2.75) is 32.2 Å². The molecule has 1 atom stereocenters. The Morgan fingerprint density at radius 1 is 1.27 bits per heavy atom. The summed E-state index contributed by atoms with van der Waals surface area (Å²) in [6.07, 6.45) is 4.19. The minimum absolute atomic E-state index is 0.371. The molecule has 0 fully saturated rings. The molecule has 2 rings (SSSR count). The first-order chi connectivity index (χ1) is 10.5. The third-order valence-electron chi connectivity index (χ3n) is 3.59. The second-order valence-electron chi connectivity index (χ2n) is 5.43. The van der Waals surface area contributed by atoms with Gasteiger partial charge in [0, 0.05) is 11.1 Å². The van der Waals surface area contributed by atoms with Crippen LogP contribution in [-0.2, 0) is 4.79 Å². The van der Waals surface area contributed by atoms with Crippen molar-refractivity contribution >= 4 is 11.9 Å². The van der Waals surface area contributed by atoms with Gasteiger partial charge >= 0.3 is 5.97 Å². The Hall–Kier alpha value is -2.56. The molecular weight excluding hydrogens is 282 g/mol. The van der Waals surface area contributed by atoms with Gasteiger partial charge in [0.2, 0.25) is 0 Å². The summed E-state index contributed by atoms with van der Waals surface area (Å²) in [7, 11) is 0. The highest BCUT2D eigenvalue weighted by molar-refractivity contribution is 5.98. The van der Waals surface area contributed by atoms with Crippen molar-refractivity contribution in [3.63, 3.8) is 0 Å². The zero-order valence-corrected chi connectivity index (χ0v) is 12.6. The van der Waals surface area contributed by atoms with E-state index in [4.69, 9.17) is 4.42 Å².